The van der Waals surface area contributed by atoms with Gasteiger partial charge in [-0.3, -0.25) is 14.8 Å². The topological polar surface area (TPSA) is 106 Å². The number of amides is 1. The predicted octanol–water partition coefficient (Wildman–Crippen LogP) is 4.72. The van der Waals surface area contributed by atoms with Gasteiger partial charge >= 0.3 is 0 Å². The molecule has 5 aromatic rings. The minimum atomic E-state index is -0.176. The lowest BCUT2D eigenvalue weighted by Gasteiger charge is -2.14. The number of benzene rings is 2. The van der Waals surface area contributed by atoms with Crippen LogP contribution in [0.1, 0.15) is 27.0 Å². The van der Waals surface area contributed by atoms with E-state index < -0.39 is 0 Å². The molecule has 3 heterocycles. The highest BCUT2D eigenvalue weighted by atomic mass is 16.5. The first-order chi connectivity index (χ1) is 17.1. The molecule has 0 unspecified atom stereocenters. The van der Waals surface area contributed by atoms with Crippen molar-refractivity contribution in [3.05, 3.63) is 108 Å². The van der Waals surface area contributed by atoms with Crippen LogP contribution in [0.4, 0.5) is 0 Å². The van der Waals surface area contributed by atoms with Gasteiger partial charge in [0.25, 0.3) is 5.91 Å². The van der Waals surface area contributed by atoms with Crippen molar-refractivity contribution in [1.82, 2.24) is 25.1 Å². The van der Waals surface area contributed by atoms with Crippen LogP contribution in [-0.2, 0) is 6.54 Å². The maximum atomic E-state index is 12.8. The van der Waals surface area contributed by atoms with Crippen molar-refractivity contribution >= 4 is 16.8 Å². The second kappa shape index (κ2) is 9.45. The quantitative estimate of drug-likeness (QED) is 0.393. The third-order valence-electron chi connectivity index (χ3n) is 5.61. The summed E-state index contributed by atoms with van der Waals surface area (Å²) in [5.74, 6) is 1.03. The van der Waals surface area contributed by atoms with Crippen molar-refractivity contribution < 1.29 is 9.53 Å². The summed E-state index contributed by atoms with van der Waals surface area (Å²) in [7, 11) is 0. The molecule has 0 saturated carbocycles. The summed E-state index contributed by atoms with van der Waals surface area (Å²) in [5.41, 5.74) is 4.24. The van der Waals surface area contributed by atoms with Gasteiger partial charge in [0.05, 0.1) is 23.0 Å². The second-order valence-electron chi connectivity index (χ2n) is 7.86. The summed E-state index contributed by atoms with van der Waals surface area (Å²) >= 11 is 0. The van der Waals surface area contributed by atoms with Crippen molar-refractivity contribution in [3.8, 4) is 23.3 Å². The maximum Gasteiger partial charge on any atom is 0.251 e. The van der Waals surface area contributed by atoms with Crippen molar-refractivity contribution in [2.24, 2.45) is 0 Å². The molecule has 170 valence electrons. The standard InChI is InChI=1S/C27H20N6O2/c1-18-22(27(34)31-15-19-7-10-29-11-8-19)3-2-4-25(18)35-26-9-12-30-24-13-21(5-6-23(24)26)33-17-20(14-28)16-32-33/h2-13,16-17H,15H2,1H3,(H,31,34). The number of carbonyl (C=O) groups is 1. The van der Waals surface area contributed by atoms with E-state index in [0.29, 0.717) is 29.2 Å². The van der Waals surface area contributed by atoms with E-state index in [9.17, 15) is 4.79 Å². The number of aromatic nitrogens is 4. The molecule has 0 aliphatic rings. The lowest BCUT2D eigenvalue weighted by molar-refractivity contribution is 0.0950. The van der Waals surface area contributed by atoms with Gasteiger partial charge in [-0.1, -0.05) is 6.07 Å². The van der Waals surface area contributed by atoms with Crippen LogP contribution in [0.25, 0.3) is 16.6 Å². The minimum Gasteiger partial charge on any atom is -0.456 e. The Kier molecular flexibility index (Phi) is 5.89. The molecule has 3 aromatic heterocycles. The highest BCUT2D eigenvalue weighted by Crippen LogP contribution is 2.32. The van der Waals surface area contributed by atoms with Gasteiger partial charge in [0.2, 0.25) is 0 Å². The van der Waals surface area contributed by atoms with Gasteiger partial charge in [0, 0.05) is 47.8 Å². The van der Waals surface area contributed by atoms with Crippen LogP contribution in [0.5, 0.6) is 11.5 Å². The Morgan fingerprint density at radius 1 is 1.09 bits per heavy atom. The summed E-state index contributed by atoms with van der Waals surface area (Å²) in [6, 6.07) is 18.7. The number of rotatable bonds is 6. The number of pyridine rings is 2. The zero-order valence-electron chi connectivity index (χ0n) is 18.8. The van der Waals surface area contributed by atoms with E-state index >= 15 is 0 Å². The number of hydrogen-bond donors (Lipinski definition) is 1. The van der Waals surface area contributed by atoms with E-state index in [4.69, 9.17) is 10.00 Å². The fourth-order valence-corrected chi connectivity index (χ4v) is 3.73. The van der Waals surface area contributed by atoms with E-state index in [1.165, 1.54) is 6.20 Å². The van der Waals surface area contributed by atoms with Gasteiger partial charge < -0.3 is 10.1 Å². The molecule has 0 fully saturated rings. The fraction of sp³-hybridized carbons (Fsp3) is 0.0741. The normalized spacial score (nSPS) is 10.6. The largest absolute Gasteiger partial charge is 0.456 e. The monoisotopic (exact) mass is 460 g/mol. The van der Waals surface area contributed by atoms with Crippen LogP contribution in [0.2, 0.25) is 0 Å². The molecule has 0 aliphatic carbocycles. The Morgan fingerprint density at radius 3 is 2.74 bits per heavy atom. The zero-order chi connectivity index (χ0) is 24.2. The molecular formula is C27H20N6O2. The van der Waals surface area contributed by atoms with Gasteiger partial charge in [-0.2, -0.15) is 10.4 Å². The molecule has 0 atom stereocenters. The Labute approximate surface area is 201 Å². The van der Waals surface area contributed by atoms with Crippen molar-refractivity contribution in [2.75, 3.05) is 0 Å². The number of hydrogen-bond acceptors (Lipinski definition) is 6. The molecule has 8 heteroatoms. The minimum absolute atomic E-state index is 0.176. The first kappa shape index (κ1) is 21.8. The molecule has 35 heavy (non-hydrogen) atoms. The van der Waals surface area contributed by atoms with E-state index in [1.807, 2.05) is 43.3 Å². The summed E-state index contributed by atoms with van der Waals surface area (Å²) in [6.45, 7) is 2.28. The molecule has 0 saturated heterocycles. The Hall–Kier alpha value is -5.03. The van der Waals surface area contributed by atoms with E-state index in [1.54, 1.807) is 47.7 Å². The van der Waals surface area contributed by atoms with Gasteiger partial charge in [-0.25, -0.2) is 4.68 Å². The SMILES string of the molecule is Cc1c(Oc2ccnc3cc(-n4cc(C#N)cn4)ccc23)cccc1C(=O)NCc1ccncc1. The second-order valence-corrected chi connectivity index (χ2v) is 7.86. The average Bonchev–Trinajstić information content (AvgIpc) is 3.38. The summed E-state index contributed by atoms with van der Waals surface area (Å²) in [5, 5.41) is 17.0. The maximum absolute atomic E-state index is 12.8. The lowest BCUT2D eigenvalue weighted by atomic mass is 10.1. The van der Waals surface area contributed by atoms with Crippen LogP contribution in [-0.4, -0.2) is 25.7 Å². The van der Waals surface area contributed by atoms with E-state index in [-0.39, 0.29) is 5.91 Å². The van der Waals surface area contributed by atoms with Crippen LogP contribution in [0, 0.1) is 18.3 Å². The number of ether oxygens (including phenoxy) is 1. The highest BCUT2D eigenvalue weighted by molar-refractivity contribution is 5.96. The molecule has 1 N–H and O–H groups in total. The predicted molar refractivity (Wildman–Crippen MR) is 130 cm³/mol. The number of nitrogens with zero attached hydrogens (tertiary/aromatic N) is 5. The first-order valence-corrected chi connectivity index (χ1v) is 10.9. The van der Waals surface area contributed by atoms with E-state index in [0.717, 1.165) is 27.7 Å². The Morgan fingerprint density at radius 2 is 1.94 bits per heavy atom. The lowest BCUT2D eigenvalue weighted by Crippen LogP contribution is -2.23. The van der Waals surface area contributed by atoms with Crippen LogP contribution >= 0.6 is 0 Å². The molecule has 0 spiro atoms. The van der Waals surface area contributed by atoms with Gasteiger partial charge in [-0.05, 0) is 61.0 Å². The highest BCUT2D eigenvalue weighted by Gasteiger charge is 2.14. The summed E-state index contributed by atoms with van der Waals surface area (Å²) < 4.78 is 7.88. The Bertz CT molecular complexity index is 1570. The molecule has 0 aliphatic heterocycles. The van der Waals surface area contributed by atoms with Crippen molar-refractivity contribution in [3.63, 3.8) is 0 Å². The third kappa shape index (κ3) is 4.56. The first-order valence-electron chi connectivity index (χ1n) is 10.9. The molecule has 5 rings (SSSR count). The number of fused-ring (bicyclic) bond motifs is 1. The number of nitrogens with one attached hydrogen (secondary N) is 1. The molecule has 0 bridgehead atoms. The van der Waals surface area contributed by atoms with Crippen LogP contribution in [0.3, 0.4) is 0 Å². The van der Waals surface area contributed by atoms with Crippen LogP contribution < -0.4 is 10.1 Å². The van der Waals surface area contributed by atoms with Crippen molar-refractivity contribution in [2.45, 2.75) is 13.5 Å². The average molecular weight is 460 g/mol. The number of nitriles is 1. The molecule has 2 aromatic carbocycles. The summed E-state index contributed by atoms with van der Waals surface area (Å²) in [4.78, 5) is 21.3. The third-order valence-corrected chi connectivity index (χ3v) is 5.61. The number of carbonyl (C=O) groups excluding carboxylic acids is 1. The fourth-order valence-electron chi connectivity index (χ4n) is 3.73. The smallest absolute Gasteiger partial charge is 0.251 e. The van der Waals surface area contributed by atoms with E-state index in [2.05, 4.69) is 26.5 Å². The molecule has 8 nitrogen and oxygen atoms in total. The molecule has 1 amide bonds. The van der Waals surface area contributed by atoms with Gasteiger partial charge in [-0.15, -0.1) is 0 Å². The Balaban J connectivity index is 1.39. The summed E-state index contributed by atoms with van der Waals surface area (Å²) in [6.07, 6.45) is 8.24. The molecule has 0 radical (unpaired) electrons. The van der Waals surface area contributed by atoms with Crippen molar-refractivity contribution in [1.29, 1.82) is 5.26 Å². The zero-order valence-corrected chi connectivity index (χ0v) is 18.8. The van der Waals surface area contributed by atoms with Crippen LogP contribution in [0.15, 0.2) is 85.6 Å². The molecular weight excluding hydrogens is 440 g/mol. The van der Waals surface area contributed by atoms with Gasteiger partial charge in [0.15, 0.2) is 0 Å². The van der Waals surface area contributed by atoms with Gasteiger partial charge in [0.1, 0.15) is 17.6 Å².